The first-order chi connectivity index (χ1) is 8.04. The van der Waals surface area contributed by atoms with Gasteiger partial charge in [-0.15, -0.1) is 0 Å². The molecule has 1 atom stereocenters. The number of halogens is 2. The zero-order valence-electron chi connectivity index (χ0n) is 9.54. The molecule has 2 N–H and O–H groups in total. The highest BCUT2D eigenvalue weighted by Gasteiger charge is 2.11. The smallest absolute Gasteiger partial charge is 0.252 e. The zero-order valence-corrected chi connectivity index (χ0v) is 11.1. The number of aliphatic hydroxyl groups excluding tert-OH is 1. The monoisotopic (exact) mass is 275 g/mol. The van der Waals surface area contributed by atoms with Crippen molar-refractivity contribution >= 4 is 29.1 Å². The molecule has 94 valence electrons. The lowest BCUT2D eigenvalue weighted by Crippen LogP contribution is -2.32. The number of hydrogen-bond acceptors (Lipinski definition) is 2. The zero-order chi connectivity index (χ0) is 12.8. The van der Waals surface area contributed by atoms with E-state index in [1.54, 1.807) is 12.1 Å². The molecule has 0 aliphatic heterocycles. The van der Waals surface area contributed by atoms with E-state index in [-0.39, 0.29) is 12.5 Å². The van der Waals surface area contributed by atoms with Gasteiger partial charge in [-0.2, -0.15) is 0 Å². The molecule has 0 bridgehead atoms. The summed E-state index contributed by atoms with van der Waals surface area (Å²) in [5.41, 5.74) is 0.361. The molecule has 0 aliphatic rings. The second-order valence-electron chi connectivity index (χ2n) is 3.78. The maximum Gasteiger partial charge on any atom is 0.252 e. The van der Waals surface area contributed by atoms with Crippen LogP contribution in [0.3, 0.4) is 0 Å². The minimum absolute atomic E-state index is 0.228. The Morgan fingerprint density at radius 1 is 1.47 bits per heavy atom. The van der Waals surface area contributed by atoms with E-state index < -0.39 is 6.10 Å². The molecule has 0 saturated carbocycles. The van der Waals surface area contributed by atoms with Crippen molar-refractivity contribution in [2.75, 3.05) is 6.54 Å². The van der Waals surface area contributed by atoms with E-state index in [1.807, 2.05) is 6.92 Å². The summed E-state index contributed by atoms with van der Waals surface area (Å²) in [6, 6.07) is 4.68. The van der Waals surface area contributed by atoms with E-state index >= 15 is 0 Å². The topological polar surface area (TPSA) is 49.3 Å². The molecule has 0 saturated heterocycles. The van der Waals surface area contributed by atoms with Gasteiger partial charge in [0.05, 0.1) is 16.7 Å². The Morgan fingerprint density at radius 3 is 2.76 bits per heavy atom. The van der Waals surface area contributed by atoms with Gasteiger partial charge in [0.2, 0.25) is 0 Å². The van der Waals surface area contributed by atoms with E-state index in [2.05, 4.69) is 5.32 Å². The Labute approximate surface area is 111 Å². The summed E-state index contributed by atoms with van der Waals surface area (Å²) < 4.78 is 0. The summed E-state index contributed by atoms with van der Waals surface area (Å²) in [5.74, 6) is -0.304. The van der Waals surface area contributed by atoms with Crippen LogP contribution in [0, 0.1) is 0 Å². The van der Waals surface area contributed by atoms with Gasteiger partial charge < -0.3 is 10.4 Å². The van der Waals surface area contributed by atoms with Crippen molar-refractivity contribution in [3.05, 3.63) is 33.8 Å². The number of benzene rings is 1. The highest BCUT2D eigenvalue weighted by molar-refractivity contribution is 6.36. The number of aliphatic hydroxyl groups is 1. The summed E-state index contributed by atoms with van der Waals surface area (Å²) >= 11 is 11.6. The Balaban J connectivity index is 2.58. The van der Waals surface area contributed by atoms with Gasteiger partial charge in [-0.05, 0) is 24.6 Å². The average molecular weight is 276 g/mol. The molecule has 17 heavy (non-hydrogen) atoms. The molecule has 0 spiro atoms. The first-order valence-corrected chi connectivity index (χ1v) is 6.21. The number of hydrogen-bond donors (Lipinski definition) is 2. The van der Waals surface area contributed by atoms with Crippen LogP contribution in [0.4, 0.5) is 0 Å². The van der Waals surface area contributed by atoms with Gasteiger partial charge in [0, 0.05) is 11.6 Å². The molecule has 1 rings (SSSR count). The minimum Gasteiger partial charge on any atom is -0.391 e. The Bertz CT molecular complexity index is 396. The second-order valence-corrected chi connectivity index (χ2v) is 4.62. The summed E-state index contributed by atoms with van der Waals surface area (Å²) in [6.45, 7) is 2.20. The van der Waals surface area contributed by atoms with Crippen LogP contribution in [0.1, 0.15) is 30.1 Å². The first-order valence-electron chi connectivity index (χ1n) is 5.46. The minimum atomic E-state index is -0.518. The van der Waals surface area contributed by atoms with Crippen LogP contribution in [0.25, 0.3) is 0 Å². The van der Waals surface area contributed by atoms with Crippen molar-refractivity contribution in [1.29, 1.82) is 0 Å². The molecule has 0 aromatic heterocycles. The van der Waals surface area contributed by atoms with Crippen molar-refractivity contribution in [3.63, 3.8) is 0 Å². The van der Waals surface area contributed by atoms with E-state index in [0.29, 0.717) is 22.0 Å². The molecule has 0 radical (unpaired) electrons. The van der Waals surface area contributed by atoms with Gasteiger partial charge in [-0.25, -0.2) is 0 Å². The van der Waals surface area contributed by atoms with Gasteiger partial charge in [0.1, 0.15) is 0 Å². The van der Waals surface area contributed by atoms with Crippen LogP contribution in [-0.2, 0) is 0 Å². The van der Waals surface area contributed by atoms with Crippen molar-refractivity contribution < 1.29 is 9.90 Å². The number of carbonyl (C=O) groups is 1. The van der Waals surface area contributed by atoms with Crippen molar-refractivity contribution in [1.82, 2.24) is 5.32 Å². The highest BCUT2D eigenvalue weighted by Crippen LogP contribution is 2.20. The van der Waals surface area contributed by atoms with Crippen molar-refractivity contribution in [2.24, 2.45) is 0 Å². The van der Waals surface area contributed by atoms with Crippen LogP contribution in [-0.4, -0.2) is 23.7 Å². The molecule has 3 nitrogen and oxygen atoms in total. The fraction of sp³-hybridized carbons (Fsp3) is 0.417. The number of carbonyl (C=O) groups excluding carboxylic acids is 1. The van der Waals surface area contributed by atoms with Gasteiger partial charge in [-0.1, -0.05) is 36.5 Å². The molecule has 1 unspecified atom stereocenters. The van der Waals surface area contributed by atoms with Crippen LogP contribution in [0.2, 0.25) is 10.0 Å². The number of amides is 1. The molecule has 5 heteroatoms. The van der Waals surface area contributed by atoms with E-state index in [0.717, 1.165) is 6.42 Å². The van der Waals surface area contributed by atoms with Gasteiger partial charge in [0.25, 0.3) is 5.91 Å². The third-order valence-electron chi connectivity index (χ3n) is 2.30. The lowest BCUT2D eigenvalue weighted by Gasteiger charge is -2.11. The number of nitrogens with one attached hydrogen (secondary N) is 1. The summed E-state index contributed by atoms with van der Waals surface area (Å²) in [7, 11) is 0. The maximum absolute atomic E-state index is 11.7. The Hall–Kier alpha value is -0.770. The van der Waals surface area contributed by atoms with Gasteiger partial charge in [-0.3, -0.25) is 4.79 Å². The highest BCUT2D eigenvalue weighted by atomic mass is 35.5. The molecular weight excluding hydrogens is 261 g/mol. The van der Waals surface area contributed by atoms with E-state index in [1.165, 1.54) is 6.07 Å². The molecule has 0 aliphatic carbocycles. The van der Waals surface area contributed by atoms with E-state index in [4.69, 9.17) is 23.2 Å². The quantitative estimate of drug-likeness (QED) is 0.868. The molecular formula is C12H15Cl2NO2. The summed E-state index contributed by atoms with van der Waals surface area (Å²) in [6.07, 6.45) is 1.02. The maximum atomic E-state index is 11.7. The number of rotatable bonds is 5. The molecule has 0 heterocycles. The lowest BCUT2D eigenvalue weighted by atomic mass is 10.2. The van der Waals surface area contributed by atoms with Crippen molar-refractivity contribution in [3.8, 4) is 0 Å². The molecule has 1 aromatic rings. The summed E-state index contributed by atoms with van der Waals surface area (Å²) in [4.78, 5) is 11.7. The molecule has 1 amide bonds. The average Bonchev–Trinajstić information content (AvgIpc) is 2.26. The van der Waals surface area contributed by atoms with Crippen LogP contribution in [0.5, 0.6) is 0 Å². The fourth-order valence-corrected chi connectivity index (χ4v) is 1.91. The van der Waals surface area contributed by atoms with Gasteiger partial charge in [0.15, 0.2) is 0 Å². The largest absolute Gasteiger partial charge is 0.391 e. The van der Waals surface area contributed by atoms with Gasteiger partial charge >= 0.3 is 0 Å². The van der Waals surface area contributed by atoms with E-state index in [9.17, 15) is 9.90 Å². The van der Waals surface area contributed by atoms with Crippen LogP contribution < -0.4 is 5.32 Å². The normalized spacial score (nSPS) is 12.2. The van der Waals surface area contributed by atoms with Crippen LogP contribution in [0.15, 0.2) is 18.2 Å². The van der Waals surface area contributed by atoms with Crippen molar-refractivity contribution in [2.45, 2.75) is 25.9 Å². The third-order valence-corrected chi connectivity index (χ3v) is 2.84. The standard InChI is InChI=1S/C12H15Cl2NO2/c1-2-3-9(16)7-15-12(17)10-5-4-8(13)6-11(10)14/h4-6,9,16H,2-3,7H2,1H3,(H,15,17). The third kappa shape index (κ3) is 4.54. The SMILES string of the molecule is CCCC(O)CNC(=O)c1ccc(Cl)cc1Cl. The van der Waals surface area contributed by atoms with Crippen LogP contribution >= 0.6 is 23.2 Å². The Kier molecular flexibility index (Phi) is 5.75. The molecule has 0 fully saturated rings. The molecule has 1 aromatic carbocycles. The Morgan fingerprint density at radius 2 is 2.18 bits per heavy atom. The second kappa shape index (κ2) is 6.84. The first kappa shape index (κ1) is 14.3. The predicted molar refractivity (Wildman–Crippen MR) is 69.7 cm³/mol. The summed E-state index contributed by atoms with van der Waals surface area (Å²) in [5, 5.41) is 12.9. The lowest BCUT2D eigenvalue weighted by molar-refractivity contribution is 0.0910. The predicted octanol–water partition coefficient (Wildman–Crippen LogP) is 2.88. The fourth-order valence-electron chi connectivity index (χ4n) is 1.41.